The van der Waals surface area contributed by atoms with Crippen LogP contribution in [0.15, 0.2) is 36.5 Å². The predicted molar refractivity (Wildman–Crippen MR) is 120 cm³/mol. The fourth-order valence-electron chi connectivity index (χ4n) is 4.26. The minimum Gasteiger partial charge on any atom is -0.479 e. The first-order valence-electron chi connectivity index (χ1n) is 11.2. The number of benzene rings is 1. The molecule has 35 heavy (non-hydrogen) atoms. The minimum absolute atomic E-state index is 0.0351. The number of ketones is 1. The number of fused-ring (bicyclic) bond motifs is 1. The number of pyridine rings is 1. The van der Waals surface area contributed by atoms with Crippen molar-refractivity contribution in [2.45, 2.75) is 57.0 Å². The lowest BCUT2D eigenvalue weighted by Gasteiger charge is -2.30. The zero-order chi connectivity index (χ0) is 25.2. The number of carbonyl (C=O) groups is 3. The molecule has 7 nitrogen and oxygen atoms in total. The van der Waals surface area contributed by atoms with Gasteiger partial charge < -0.3 is 15.4 Å². The predicted octanol–water partition coefficient (Wildman–Crippen LogP) is 4.08. The van der Waals surface area contributed by atoms with Crippen molar-refractivity contribution in [1.82, 2.24) is 15.6 Å². The molecule has 0 spiro atoms. The Bertz CT molecular complexity index is 1120. The van der Waals surface area contributed by atoms with E-state index in [4.69, 9.17) is 16.3 Å². The van der Waals surface area contributed by atoms with E-state index < -0.39 is 17.8 Å². The molecule has 186 valence electrons. The lowest BCUT2D eigenvalue weighted by atomic mass is 9.85. The van der Waals surface area contributed by atoms with Gasteiger partial charge in [-0.2, -0.15) is 13.2 Å². The number of nitrogens with one attached hydrogen (secondary N) is 2. The number of carbonyl (C=O) groups excluding carboxylic acids is 3. The minimum atomic E-state index is -4.46. The lowest BCUT2D eigenvalue weighted by Crippen LogP contribution is -2.47. The second-order valence-corrected chi connectivity index (χ2v) is 9.12. The highest BCUT2D eigenvalue weighted by molar-refractivity contribution is 6.31. The zero-order valence-electron chi connectivity index (χ0n) is 18.5. The van der Waals surface area contributed by atoms with Gasteiger partial charge in [0.25, 0.3) is 5.91 Å². The van der Waals surface area contributed by atoms with Gasteiger partial charge in [0.2, 0.25) is 5.91 Å². The first kappa shape index (κ1) is 25.0. The number of hydrogen-bond acceptors (Lipinski definition) is 5. The standard InChI is InChI=1S/C24H23ClF3N3O4/c25-15-4-8-20-18(9-15)19(32)10-21(35-20)23(34)31-16-5-1-13(2-6-16)22(33)30-12-17-7-3-14(11-29-17)24(26,27)28/h3-4,7-9,11,13,16,21H,1-2,5-6,10,12H2,(H,30,33)(H,31,34)/t13?,16?,21-/m1/s1. The van der Waals surface area contributed by atoms with Crippen LogP contribution in [0, 0.1) is 5.92 Å². The molecule has 1 aromatic carbocycles. The Balaban J connectivity index is 1.22. The van der Waals surface area contributed by atoms with Gasteiger partial charge in [-0.05, 0) is 56.0 Å². The van der Waals surface area contributed by atoms with Gasteiger partial charge >= 0.3 is 6.18 Å². The van der Waals surface area contributed by atoms with Crippen LogP contribution in [0.25, 0.3) is 0 Å². The third-order valence-corrected chi connectivity index (χ3v) is 6.45. The van der Waals surface area contributed by atoms with Crippen LogP contribution >= 0.6 is 11.6 Å². The average Bonchev–Trinajstić information content (AvgIpc) is 2.83. The fraction of sp³-hybridized carbons (Fsp3) is 0.417. The normalized spacial score (nSPS) is 22.1. The third kappa shape index (κ3) is 6.11. The molecule has 11 heteroatoms. The van der Waals surface area contributed by atoms with Gasteiger partial charge in [0, 0.05) is 23.2 Å². The van der Waals surface area contributed by atoms with Crippen LogP contribution in [-0.2, 0) is 22.3 Å². The van der Waals surface area contributed by atoms with Gasteiger partial charge in [-0.1, -0.05) is 11.6 Å². The molecule has 1 fully saturated rings. The van der Waals surface area contributed by atoms with E-state index in [0.717, 1.165) is 12.3 Å². The largest absolute Gasteiger partial charge is 0.479 e. The molecular formula is C24H23ClF3N3O4. The van der Waals surface area contributed by atoms with E-state index in [2.05, 4.69) is 15.6 Å². The van der Waals surface area contributed by atoms with Crippen LogP contribution in [0.4, 0.5) is 13.2 Å². The first-order valence-corrected chi connectivity index (χ1v) is 11.6. The number of ether oxygens (including phenoxy) is 1. The highest BCUT2D eigenvalue weighted by Gasteiger charge is 2.34. The highest BCUT2D eigenvalue weighted by Crippen LogP contribution is 2.31. The molecule has 2 aliphatic rings. The van der Waals surface area contributed by atoms with Crippen LogP contribution in [0.5, 0.6) is 5.75 Å². The number of nitrogens with zero attached hydrogens (tertiary/aromatic N) is 1. The summed E-state index contributed by atoms with van der Waals surface area (Å²) in [5.74, 6) is -0.722. The zero-order valence-corrected chi connectivity index (χ0v) is 19.3. The number of alkyl halides is 3. The van der Waals surface area contributed by atoms with Crippen LogP contribution in [0.3, 0.4) is 0 Å². The summed E-state index contributed by atoms with van der Waals surface area (Å²) in [7, 11) is 0. The topological polar surface area (TPSA) is 97.4 Å². The number of amides is 2. The van der Waals surface area contributed by atoms with E-state index in [1.54, 1.807) is 12.1 Å². The van der Waals surface area contributed by atoms with Gasteiger partial charge in [0.05, 0.1) is 29.8 Å². The molecule has 1 aromatic heterocycles. The van der Waals surface area contributed by atoms with Crippen molar-refractivity contribution in [2.24, 2.45) is 5.92 Å². The molecule has 1 atom stereocenters. The summed E-state index contributed by atoms with van der Waals surface area (Å²) >= 11 is 5.92. The number of hydrogen-bond donors (Lipinski definition) is 2. The number of aromatic nitrogens is 1. The number of rotatable bonds is 5. The van der Waals surface area contributed by atoms with Gasteiger partial charge in [0.15, 0.2) is 11.9 Å². The lowest BCUT2D eigenvalue weighted by molar-refractivity contribution is -0.138. The molecular weight excluding hydrogens is 487 g/mol. The smallest absolute Gasteiger partial charge is 0.417 e. The quantitative estimate of drug-likeness (QED) is 0.633. The Morgan fingerprint density at radius 1 is 1.09 bits per heavy atom. The third-order valence-electron chi connectivity index (χ3n) is 6.21. The van der Waals surface area contributed by atoms with Crippen molar-refractivity contribution >= 4 is 29.2 Å². The molecule has 1 aliphatic carbocycles. The van der Waals surface area contributed by atoms with E-state index in [0.29, 0.717) is 47.7 Å². The van der Waals surface area contributed by atoms with Crippen molar-refractivity contribution in [1.29, 1.82) is 0 Å². The van der Waals surface area contributed by atoms with Gasteiger partial charge in [0.1, 0.15) is 5.75 Å². The Hall–Kier alpha value is -3.14. The first-order chi connectivity index (χ1) is 16.6. The second-order valence-electron chi connectivity index (χ2n) is 8.69. The maximum Gasteiger partial charge on any atom is 0.417 e. The van der Waals surface area contributed by atoms with E-state index in [1.165, 1.54) is 12.1 Å². The van der Waals surface area contributed by atoms with Crippen molar-refractivity contribution in [3.63, 3.8) is 0 Å². The molecule has 0 saturated heterocycles. The highest BCUT2D eigenvalue weighted by atomic mass is 35.5. The summed E-state index contributed by atoms with van der Waals surface area (Å²) in [5.41, 5.74) is -0.151. The van der Waals surface area contributed by atoms with E-state index in [1.807, 2.05) is 0 Å². The number of Topliss-reactive ketones (excluding diaryl/α,β-unsaturated/α-hetero) is 1. The van der Waals surface area contributed by atoms with Gasteiger partial charge in [-0.15, -0.1) is 0 Å². The molecule has 0 unspecified atom stereocenters. The van der Waals surface area contributed by atoms with Gasteiger partial charge in [-0.25, -0.2) is 0 Å². The fourth-order valence-corrected chi connectivity index (χ4v) is 4.43. The monoisotopic (exact) mass is 509 g/mol. The molecule has 2 heterocycles. The Kier molecular flexibility index (Phi) is 7.30. The summed E-state index contributed by atoms with van der Waals surface area (Å²) < 4.78 is 43.6. The molecule has 2 amide bonds. The van der Waals surface area contributed by atoms with Crippen LogP contribution < -0.4 is 15.4 Å². The summed E-state index contributed by atoms with van der Waals surface area (Å²) in [4.78, 5) is 41.3. The molecule has 1 saturated carbocycles. The van der Waals surface area contributed by atoms with Crippen molar-refractivity contribution in [3.8, 4) is 5.75 Å². The van der Waals surface area contributed by atoms with Crippen molar-refractivity contribution in [3.05, 3.63) is 58.4 Å². The van der Waals surface area contributed by atoms with E-state index in [9.17, 15) is 27.6 Å². The second kappa shape index (κ2) is 10.2. The summed E-state index contributed by atoms with van der Waals surface area (Å²) in [6.07, 6.45) is -2.47. The van der Waals surface area contributed by atoms with E-state index >= 15 is 0 Å². The summed E-state index contributed by atoms with van der Waals surface area (Å²) in [5, 5.41) is 6.04. The van der Waals surface area contributed by atoms with Crippen molar-refractivity contribution < 1.29 is 32.3 Å². The Labute approximate surface area is 204 Å². The summed E-state index contributed by atoms with van der Waals surface area (Å²) in [6, 6.07) is 6.70. The van der Waals surface area contributed by atoms with E-state index in [-0.39, 0.29) is 42.5 Å². The van der Waals surface area contributed by atoms with Crippen LogP contribution in [0.1, 0.15) is 53.7 Å². The molecule has 0 bridgehead atoms. The molecule has 0 radical (unpaired) electrons. The summed E-state index contributed by atoms with van der Waals surface area (Å²) in [6.45, 7) is 0.0351. The maximum absolute atomic E-state index is 12.7. The SMILES string of the molecule is O=C1C[C@H](C(=O)NC2CCC(C(=O)NCc3ccc(C(F)(F)F)cn3)CC2)Oc2ccc(Cl)cc21. The average molecular weight is 510 g/mol. The maximum atomic E-state index is 12.7. The molecule has 2 aromatic rings. The molecule has 2 N–H and O–H groups in total. The van der Waals surface area contributed by atoms with Gasteiger partial charge in [-0.3, -0.25) is 19.4 Å². The van der Waals surface area contributed by atoms with Crippen LogP contribution in [0.2, 0.25) is 5.02 Å². The van der Waals surface area contributed by atoms with Crippen LogP contribution in [-0.4, -0.2) is 34.7 Å². The van der Waals surface area contributed by atoms with Crippen molar-refractivity contribution in [2.75, 3.05) is 0 Å². The Morgan fingerprint density at radius 2 is 1.83 bits per heavy atom. The molecule has 4 rings (SSSR count). The molecule has 1 aliphatic heterocycles. The number of halogens is 4. The Morgan fingerprint density at radius 3 is 2.49 bits per heavy atom.